The molecule has 0 aliphatic heterocycles. The summed E-state index contributed by atoms with van der Waals surface area (Å²) < 4.78 is 31.9. The summed E-state index contributed by atoms with van der Waals surface area (Å²) in [4.78, 5) is 4.33. The Bertz CT molecular complexity index is 673. The van der Waals surface area contributed by atoms with Crippen molar-refractivity contribution in [3.05, 3.63) is 24.2 Å². The molecule has 10 heteroatoms. The van der Waals surface area contributed by atoms with Gasteiger partial charge in [-0.05, 0) is 44.7 Å². The van der Waals surface area contributed by atoms with Crippen molar-refractivity contribution in [2.75, 3.05) is 31.9 Å². The van der Waals surface area contributed by atoms with Crippen LogP contribution in [0.15, 0.2) is 27.8 Å². The predicted molar refractivity (Wildman–Crippen MR) is 117 cm³/mol. The Balaban J connectivity index is 0.00000364. The molecule has 1 saturated carbocycles. The quantitative estimate of drug-likeness (QED) is 0.213. The van der Waals surface area contributed by atoms with Gasteiger partial charge in [-0.25, -0.2) is 18.1 Å². The molecule has 4 N–H and O–H groups in total. The van der Waals surface area contributed by atoms with Crippen molar-refractivity contribution in [2.45, 2.75) is 38.7 Å². The van der Waals surface area contributed by atoms with E-state index in [4.69, 9.17) is 4.42 Å². The lowest BCUT2D eigenvalue weighted by atomic mass is 9.86. The average molecular weight is 514 g/mol. The zero-order valence-corrected chi connectivity index (χ0v) is 19.0. The normalized spacial score (nSPS) is 17.5. The van der Waals surface area contributed by atoms with E-state index in [1.807, 2.05) is 6.92 Å². The molecule has 1 heterocycles. The molecule has 0 saturated heterocycles. The standard InChI is InChI=1S/C17H30N4O4S.HI/c1-3-18-16(20-13-17(2,22)15-8-5-10-25-15)19-9-11-26(23,24)21-12-14-6-4-7-14;/h5,8,10,14,21-22H,3-4,6-7,9,11-13H2,1-2H3,(H2,18,19,20);1H. The molecule has 0 bridgehead atoms. The first kappa shape index (κ1) is 24.2. The number of guanidine groups is 1. The molecule has 1 aliphatic rings. The zero-order valence-electron chi connectivity index (χ0n) is 15.9. The molecule has 1 aromatic heterocycles. The molecule has 1 aliphatic carbocycles. The summed E-state index contributed by atoms with van der Waals surface area (Å²) in [6.07, 6.45) is 4.90. The molecule has 1 aromatic rings. The largest absolute Gasteiger partial charge is 0.466 e. The molecule has 0 aromatic carbocycles. The lowest BCUT2D eigenvalue weighted by Crippen LogP contribution is -2.42. The number of sulfonamides is 1. The summed E-state index contributed by atoms with van der Waals surface area (Å²) in [5, 5.41) is 16.5. The molecule has 1 unspecified atom stereocenters. The minimum atomic E-state index is -3.30. The number of furan rings is 1. The van der Waals surface area contributed by atoms with Gasteiger partial charge < -0.3 is 20.2 Å². The number of aliphatic hydroxyl groups is 1. The Morgan fingerprint density at radius 2 is 2.15 bits per heavy atom. The highest BCUT2D eigenvalue weighted by molar-refractivity contribution is 14.0. The first-order valence-electron chi connectivity index (χ1n) is 9.08. The van der Waals surface area contributed by atoms with E-state index >= 15 is 0 Å². The van der Waals surface area contributed by atoms with Gasteiger partial charge in [0.1, 0.15) is 11.4 Å². The third-order valence-corrected chi connectivity index (χ3v) is 5.77. The van der Waals surface area contributed by atoms with Crippen molar-refractivity contribution in [3.63, 3.8) is 0 Å². The molecule has 156 valence electrons. The van der Waals surface area contributed by atoms with Crippen LogP contribution in [0.3, 0.4) is 0 Å². The number of nitrogens with one attached hydrogen (secondary N) is 3. The first-order valence-corrected chi connectivity index (χ1v) is 10.7. The van der Waals surface area contributed by atoms with Gasteiger partial charge in [-0.2, -0.15) is 0 Å². The van der Waals surface area contributed by atoms with E-state index in [1.54, 1.807) is 19.1 Å². The van der Waals surface area contributed by atoms with Crippen LogP contribution >= 0.6 is 24.0 Å². The molecular weight excluding hydrogens is 483 g/mol. The average Bonchev–Trinajstić information content (AvgIpc) is 3.06. The van der Waals surface area contributed by atoms with E-state index in [1.165, 1.54) is 12.7 Å². The molecule has 8 nitrogen and oxygen atoms in total. The van der Waals surface area contributed by atoms with Crippen molar-refractivity contribution in [3.8, 4) is 0 Å². The van der Waals surface area contributed by atoms with E-state index in [2.05, 4.69) is 20.3 Å². The Morgan fingerprint density at radius 3 is 2.70 bits per heavy atom. The van der Waals surface area contributed by atoms with Gasteiger partial charge in [-0.1, -0.05) is 6.42 Å². The van der Waals surface area contributed by atoms with Crippen LogP contribution in [0.4, 0.5) is 0 Å². The summed E-state index contributed by atoms with van der Waals surface area (Å²) in [7, 11) is -3.30. The van der Waals surface area contributed by atoms with Crippen LogP contribution in [0, 0.1) is 5.92 Å². The highest BCUT2D eigenvalue weighted by Gasteiger charge is 2.26. The van der Waals surface area contributed by atoms with Crippen molar-refractivity contribution in [1.29, 1.82) is 0 Å². The SMILES string of the molecule is CCNC(=NCC(C)(O)c1ccco1)NCCS(=O)(=O)NCC1CCC1.I. The predicted octanol–water partition coefficient (Wildman–Crippen LogP) is 1.38. The molecule has 1 fully saturated rings. The topological polar surface area (TPSA) is 116 Å². The fourth-order valence-corrected chi connectivity index (χ4v) is 3.56. The van der Waals surface area contributed by atoms with Crippen LogP contribution in [0.1, 0.15) is 38.9 Å². The van der Waals surface area contributed by atoms with Gasteiger partial charge in [0.05, 0.1) is 18.6 Å². The zero-order chi connectivity index (χ0) is 19.0. The number of aliphatic imine (C=N–C) groups is 1. The molecular formula is C17H31IN4O4S. The van der Waals surface area contributed by atoms with Crippen molar-refractivity contribution in [2.24, 2.45) is 10.9 Å². The van der Waals surface area contributed by atoms with Crippen LogP contribution in [-0.2, 0) is 15.6 Å². The van der Waals surface area contributed by atoms with E-state index in [9.17, 15) is 13.5 Å². The summed E-state index contributed by atoms with van der Waals surface area (Å²) in [5.41, 5.74) is -1.23. The lowest BCUT2D eigenvalue weighted by Gasteiger charge is -2.25. The minimum Gasteiger partial charge on any atom is -0.466 e. The van der Waals surface area contributed by atoms with Crippen LogP contribution < -0.4 is 15.4 Å². The van der Waals surface area contributed by atoms with E-state index < -0.39 is 15.6 Å². The maximum absolute atomic E-state index is 12.0. The molecule has 0 spiro atoms. The molecule has 1 atom stereocenters. The summed E-state index contributed by atoms with van der Waals surface area (Å²) in [6, 6.07) is 3.40. The third kappa shape index (κ3) is 8.36. The van der Waals surface area contributed by atoms with Crippen molar-refractivity contribution >= 4 is 40.0 Å². The number of nitrogens with zero attached hydrogens (tertiary/aromatic N) is 1. The Kier molecular flexibility index (Phi) is 10.1. The summed E-state index contributed by atoms with van der Waals surface area (Å²) in [6.45, 7) is 5.01. The Hall–Kier alpha value is -0.850. The monoisotopic (exact) mass is 514 g/mol. The van der Waals surface area contributed by atoms with Gasteiger partial charge >= 0.3 is 0 Å². The maximum atomic E-state index is 12.0. The van der Waals surface area contributed by atoms with Crippen LogP contribution in [-0.4, -0.2) is 51.4 Å². The third-order valence-electron chi connectivity index (χ3n) is 4.42. The highest BCUT2D eigenvalue weighted by Crippen LogP contribution is 2.25. The van der Waals surface area contributed by atoms with Crippen LogP contribution in [0.2, 0.25) is 0 Å². The van der Waals surface area contributed by atoms with E-state index in [-0.39, 0.29) is 42.8 Å². The number of rotatable bonds is 10. The molecule has 0 radical (unpaired) electrons. The molecule has 27 heavy (non-hydrogen) atoms. The van der Waals surface area contributed by atoms with Gasteiger partial charge in [-0.15, -0.1) is 24.0 Å². The fourth-order valence-electron chi connectivity index (χ4n) is 2.56. The minimum absolute atomic E-state index is 0. The smallest absolute Gasteiger partial charge is 0.213 e. The van der Waals surface area contributed by atoms with Crippen molar-refractivity contribution in [1.82, 2.24) is 15.4 Å². The second-order valence-electron chi connectivity index (χ2n) is 6.84. The molecule has 0 amide bonds. The lowest BCUT2D eigenvalue weighted by molar-refractivity contribution is 0.0437. The number of hydrogen-bond donors (Lipinski definition) is 4. The van der Waals surface area contributed by atoms with Crippen molar-refractivity contribution < 1.29 is 17.9 Å². The van der Waals surface area contributed by atoms with Gasteiger partial charge in [0.2, 0.25) is 10.0 Å². The van der Waals surface area contributed by atoms with E-state index in [0.29, 0.717) is 30.7 Å². The van der Waals surface area contributed by atoms with E-state index in [0.717, 1.165) is 12.8 Å². The molecule has 2 rings (SSSR count). The van der Waals surface area contributed by atoms with Crippen LogP contribution in [0.5, 0.6) is 0 Å². The first-order chi connectivity index (χ1) is 12.3. The number of hydrogen-bond acceptors (Lipinski definition) is 5. The summed E-state index contributed by atoms with van der Waals surface area (Å²) >= 11 is 0. The summed E-state index contributed by atoms with van der Waals surface area (Å²) in [5.74, 6) is 1.34. The number of halogens is 1. The van der Waals surface area contributed by atoms with Gasteiger partial charge in [0.15, 0.2) is 5.96 Å². The fraction of sp³-hybridized carbons (Fsp3) is 0.706. The maximum Gasteiger partial charge on any atom is 0.213 e. The Labute approximate surface area is 178 Å². The van der Waals surface area contributed by atoms with Gasteiger partial charge in [0, 0.05) is 19.6 Å². The van der Waals surface area contributed by atoms with Crippen LogP contribution in [0.25, 0.3) is 0 Å². The highest BCUT2D eigenvalue weighted by atomic mass is 127. The Morgan fingerprint density at radius 1 is 1.41 bits per heavy atom. The second-order valence-corrected chi connectivity index (χ2v) is 8.76. The second kappa shape index (κ2) is 11.2. The van der Waals surface area contributed by atoms with Gasteiger partial charge in [-0.3, -0.25) is 0 Å². The van der Waals surface area contributed by atoms with Gasteiger partial charge in [0.25, 0.3) is 0 Å².